The molecule has 1 aliphatic carbocycles. The molecule has 0 amide bonds. The topological polar surface area (TPSA) is 47.3 Å². The van der Waals surface area contributed by atoms with Crippen molar-refractivity contribution in [2.75, 3.05) is 26.3 Å². The Kier molecular flexibility index (Phi) is 3.42. The third-order valence-electron chi connectivity index (χ3n) is 3.39. The maximum Gasteiger partial charge on any atom is 0.0484 e. The fourth-order valence-corrected chi connectivity index (χ4v) is 2.00. The number of hydrogen-bond donors (Lipinski definition) is 2. The molecule has 3 N–H and O–H groups in total. The van der Waals surface area contributed by atoms with E-state index in [4.69, 9.17) is 10.5 Å². The van der Waals surface area contributed by atoms with Gasteiger partial charge in [-0.1, -0.05) is 12.8 Å². The smallest absolute Gasteiger partial charge is 0.0484 e. The van der Waals surface area contributed by atoms with Crippen molar-refractivity contribution in [2.24, 2.45) is 11.7 Å². The van der Waals surface area contributed by atoms with Gasteiger partial charge in [-0.3, -0.25) is 0 Å². The highest BCUT2D eigenvalue weighted by Gasteiger charge is 2.27. The Morgan fingerprint density at radius 3 is 2.64 bits per heavy atom. The summed E-state index contributed by atoms with van der Waals surface area (Å²) in [5.74, 6) is 1.02. The number of rotatable bonds is 5. The van der Waals surface area contributed by atoms with Gasteiger partial charge in [-0.05, 0) is 31.7 Å². The second-order valence-electron chi connectivity index (χ2n) is 4.88. The van der Waals surface area contributed by atoms with Crippen LogP contribution in [0.4, 0.5) is 0 Å². The summed E-state index contributed by atoms with van der Waals surface area (Å²) in [4.78, 5) is 0. The first-order chi connectivity index (χ1) is 6.79. The fraction of sp³-hybridized carbons (Fsp3) is 1.00. The first kappa shape index (κ1) is 10.4. The molecule has 2 fully saturated rings. The Hall–Kier alpha value is -0.120. The van der Waals surface area contributed by atoms with Crippen LogP contribution in [0, 0.1) is 5.92 Å². The average Bonchev–Trinajstić information content (AvgIpc) is 2.97. The van der Waals surface area contributed by atoms with E-state index in [0.717, 1.165) is 45.1 Å². The summed E-state index contributed by atoms with van der Waals surface area (Å²) in [7, 11) is 0. The number of hydrogen-bond acceptors (Lipinski definition) is 3. The van der Waals surface area contributed by atoms with Gasteiger partial charge < -0.3 is 15.8 Å². The number of nitrogens with two attached hydrogens (primary N) is 1. The predicted octanol–water partition coefficient (Wildman–Crippen LogP) is 0.884. The van der Waals surface area contributed by atoms with Gasteiger partial charge in [0.05, 0.1) is 0 Å². The van der Waals surface area contributed by atoms with Gasteiger partial charge in [0.1, 0.15) is 0 Å². The van der Waals surface area contributed by atoms with Gasteiger partial charge in [0, 0.05) is 25.3 Å². The number of ether oxygens (including phenoxy) is 1. The molecule has 1 saturated carbocycles. The maximum atomic E-state index is 6.25. The molecular weight excluding hydrogens is 176 g/mol. The SMILES string of the molecule is NC1(CNCCC2CC2)CCOCC1. The van der Waals surface area contributed by atoms with E-state index in [1.165, 1.54) is 19.3 Å². The van der Waals surface area contributed by atoms with Gasteiger partial charge >= 0.3 is 0 Å². The normalized spacial score (nSPS) is 26.4. The Morgan fingerprint density at radius 2 is 2.00 bits per heavy atom. The van der Waals surface area contributed by atoms with Crippen LogP contribution >= 0.6 is 0 Å². The van der Waals surface area contributed by atoms with E-state index < -0.39 is 0 Å². The molecule has 0 aromatic rings. The van der Waals surface area contributed by atoms with Crippen LogP contribution < -0.4 is 11.1 Å². The molecule has 82 valence electrons. The van der Waals surface area contributed by atoms with E-state index in [9.17, 15) is 0 Å². The van der Waals surface area contributed by atoms with E-state index in [1.807, 2.05) is 0 Å². The maximum absolute atomic E-state index is 6.25. The second kappa shape index (κ2) is 4.60. The third-order valence-corrected chi connectivity index (χ3v) is 3.39. The monoisotopic (exact) mass is 198 g/mol. The van der Waals surface area contributed by atoms with Crippen molar-refractivity contribution in [3.8, 4) is 0 Å². The number of nitrogens with one attached hydrogen (secondary N) is 1. The Labute approximate surface area is 86.4 Å². The largest absolute Gasteiger partial charge is 0.381 e. The first-order valence-corrected chi connectivity index (χ1v) is 5.86. The molecule has 3 nitrogen and oxygen atoms in total. The highest BCUT2D eigenvalue weighted by Crippen LogP contribution is 2.31. The summed E-state index contributed by atoms with van der Waals surface area (Å²) in [6.07, 6.45) is 6.24. The van der Waals surface area contributed by atoms with Crippen molar-refractivity contribution in [1.29, 1.82) is 0 Å². The Bertz CT molecular complexity index is 174. The van der Waals surface area contributed by atoms with Crippen molar-refractivity contribution in [3.63, 3.8) is 0 Å². The van der Waals surface area contributed by atoms with Gasteiger partial charge in [0.25, 0.3) is 0 Å². The van der Waals surface area contributed by atoms with Gasteiger partial charge in [-0.2, -0.15) is 0 Å². The zero-order valence-electron chi connectivity index (χ0n) is 8.93. The summed E-state index contributed by atoms with van der Waals surface area (Å²) in [6, 6.07) is 0. The highest BCUT2D eigenvalue weighted by atomic mass is 16.5. The lowest BCUT2D eigenvalue weighted by atomic mass is 9.91. The molecule has 0 spiro atoms. The van der Waals surface area contributed by atoms with E-state index in [2.05, 4.69) is 5.32 Å². The van der Waals surface area contributed by atoms with E-state index in [1.54, 1.807) is 0 Å². The summed E-state index contributed by atoms with van der Waals surface area (Å²) in [5, 5.41) is 3.49. The van der Waals surface area contributed by atoms with Gasteiger partial charge in [-0.25, -0.2) is 0 Å². The van der Waals surface area contributed by atoms with Gasteiger partial charge in [-0.15, -0.1) is 0 Å². The minimum atomic E-state index is 0.00179. The van der Waals surface area contributed by atoms with Crippen LogP contribution in [0.1, 0.15) is 32.1 Å². The van der Waals surface area contributed by atoms with Crippen LogP contribution in [0.3, 0.4) is 0 Å². The van der Waals surface area contributed by atoms with Crippen molar-refractivity contribution in [2.45, 2.75) is 37.6 Å². The Balaban J connectivity index is 1.57. The zero-order valence-corrected chi connectivity index (χ0v) is 8.93. The van der Waals surface area contributed by atoms with Crippen molar-refractivity contribution < 1.29 is 4.74 Å². The summed E-state index contributed by atoms with van der Waals surface area (Å²) < 4.78 is 5.31. The summed E-state index contributed by atoms with van der Waals surface area (Å²) in [6.45, 7) is 3.77. The molecule has 0 radical (unpaired) electrons. The van der Waals surface area contributed by atoms with Crippen LogP contribution in [0.2, 0.25) is 0 Å². The molecule has 0 unspecified atom stereocenters. The van der Waals surface area contributed by atoms with E-state index in [0.29, 0.717) is 0 Å². The molecule has 0 aromatic carbocycles. The molecule has 0 aromatic heterocycles. The predicted molar refractivity (Wildman–Crippen MR) is 57.2 cm³/mol. The molecule has 0 bridgehead atoms. The molecular formula is C11H22N2O. The zero-order chi connectivity index (χ0) is 9.86. The second-order valence-corrected chi connectivity index (χ2v) is 4.88. The van der Waals surface area contributed by atoms with Crippen LogP contribution in [0.5, 0.6) is 0 Å². The highest BCUT2D eigenvalue weighted by molar-refractivity contribution is 4.88. The van der Waals surface area contributed by atoms with Gasteiger partial charge in [0.2, 0.25) is 0 Å². The molecule has 2 aliphatic rings. The van der Waals surface area contributed by atoms with Gasteiger partial charge in [0.15, 0.2) is 0 Å². The van der Waals surface area contributed by atoms with Crippen LogP contribution in [0.25, 0.3) is 0 Å². The summed E-state index contributed by atoms with van der Waals surface area (Å²) in [5.41, 5.74) is 6.25. The summed E-state index contributed by atoms with van der Waals surface area (Å²) >= 11 is 0. The molecule has 0 atom stereocenters. The minimum absolute atomic E-state index is 0.00179. The molecule has 1 heterocycles. The van der Waals surface area contributed by atoms with Crippen LogP contribution in [-0.4, -0.2) is 31.8 Å². The lowest BCUT2D eigenvalue weighted by molar-refractivity contribution is 0.0532. The van der Waals surface area contributed by atoms with E-state index >= 15 is 0 Å². The van der Waals surface area contributed by atoms with Crippen molar-refractivity contribution in [1.82, 2.24) is 5.32 Å². The lowest BCUT2D eigenvalue weighted by Crippen LogP contribution is -2.52. The molecule has 1 saturated heterocycles. The standard InChI is InChI=1S/C11H22N2O/c12-11(4-7-14-8-5-11)9-13-6-3-10-1-2-10/h10,13H,1-9,12H2. The average molecular weight is 198 g/mol. The first-order valence-electron chi connectivity index (χ1n) is 5.86. The van der Waals surface area contributed by atoms with Crippen molar-refractivity contribution >= 4 is 0 Å². The molecule has 3 heteroatoms. The van der Waals surface area contributed by atoms with Crippen LogP contribution in [-0.2, 0) is 4.74 Å². The third kappa shape index (κ3) is 3.23. The van der Waals surface area contributed by atoms with Crippen LogP contribution in [0.15, 0.2) is 0 Å². The molecule has 1 aliphatic heterocycles. The lowest BCUT2D eigenvalue weighted by Gasteiger charge is -2.33. The van der Waals surface area contributed by atoms with E-state index in [-0.39, 0.29) is 5.54 Å². The molecule has 2 rings (SSSR count). The van der Waals surface area contributed by atoms with Crippen molar-refractivity contribution in [3.05, 3.63) is 0 Å². The quantitative estimate of drug-likeness (QED) is 0.645. The minimum Gasteiger partial charge on any atom is -0.381 e. The fourth-order valence-electron chi connectivity index (χ4n) is 2.00. The Morgan fingerprint density at radius 1 is 1.29 bits per heavy atom. The molecule has 14 heavy (non-hydrogen) atoms.